The number of hydrazone groups is 2. The minimum Gasteiger partial charge on any atom is -0.267 e. The van der Waals surface area contributed by atoms with Crippen LogP contribution in [0.3, 0.4) is 0 Å². The fourth-order valence-corrected chi connectivity index (χ4v) is 7.93. The number of benzene rings is 7. The van der Waals surface area contributed by atoms with Crippen molar-refractivity contribution in [3.8, 4) is 0 Å². The van der Waals surface area contributed by atoms with Crippen LogP contribution in [0.5, 0.6) is 0 Å². The summed E-state index contributed by atoms with van der Waals surface area (Å²) in [6, 6.07) is 47.0. The average Bonchev–Trinajstić information content (AvgIpc) is 3.08. The standard InChI is InChI=1S/C38H31N4OP/c1-41(39-26-37-33-20-10-6-14-28(33)24-29-15-7-11-21-34(29)37)44(43,32-18-4-3-5-19-32)42(2)40-27-38-35-22-12-8-16-30(35)25-31-17-9-13-23-36(31)38/h3-27H,1-2H3/b39-26+,40-27+. The van der Waals surface area contributed by atoms with Gasteiger partial charge in [-0.15, -0.1) is 0 Å². The summed E-state index contributed by atoms with van der Waals surface area (Å²) in [6.07, 6.45) is 3.66. The molecule has 0 fully saturated rings. The van der Waals surface area contributed by atoms with Gasteiger partial charge >= 0.3 is 7.44 Å². The molecule has 0 aliphatic heterocycles. The molecule has 6 heteroatoms. The topological polar surface area (TPSA) is 48.3 Å². The molecule has 5 nitrogen and oxygen atoms in total. The second-order valence-corrected chi connectivity index (χ2v) is 13.6. The predicted molar refractivity (Wildman–Crippen MR) is 187 cm³/mol. The minimum atomic E-state index is -3.50. The lowest BCUT2D eigenvalue weighted by molar-refractivity contribution is 0.419. The van der Waals surface area contributed by atoms with Crippen LogP contribution >= 0.6 is 7.44 Å². The first kappa shape index (κ1) is 27.6. The van der Waals surface area contributed by atoms with Gasteiger partial charge in [-0.25, -0.2) is 9.56 Å². The summed E-state index contributed by atoms with van der Waals surface area (Å²) in [6.45, 7) is 0. The molecular formula is C38H31N4OP. The SMILES string of the molecule is CN(/N=C/c1c2ccccc2cc2ccccc12)P(=O)(c1ccccc1)N(C)/N=C/c1c2ccccc2cc2ccccc12. The van der Waals surface area contributed by atoms with Crippen molar-refractivity contribution in [2.24, 2.45) is 10.2 Å². The fourth-order valence-electron chi connectivity index (χ4n) is 5.94. The highest BCUT2D eigenvalue weighted by atomic mass is 31.2. The maximum Gasteiger partial charge on any atom is 0.322 e. The van der Waals surface area contributed by atoms with E-state index in [2.05, 4.69) is 60.7 Å². The Labute approximate surface area is 256 Å². The summed E-state index contributed by atoms with van der Waals surface area (Å²) in [5, 5.41) is 19.2. The highest BCUT2D eigenvalue weighted by Crippen LogP contribution is 2.51. The van der Waals surface area contributed by atoms with Crippen LogP contribution in [-0.2, 0) is 4.57 Å². The van der Waals surface area contributed by atoms with Crippen molar-refractivity contribution in [2.45, 2.75) is 0 Å². The minimum absolute atomic E-state index is 0.643. The van der Waals surface area contributed by atoms with E-state index in [1.54, 1.807) is 23.7 Å². The van der Waals surface area contributed by atoms with Crippen LogP contribution in [0, 0.1) is 0 Å². The molecule has 0 atom stereocenters. The third-order valence-corrected chi connectivity index (χ3v) is 11.0. The molecule has 0 heterocycles. The van der Waals surface area contributed by atoms with E-state index >= 15 is 4.57 Å². The molecule has 7 aromatic carbocycles. The number of fused-ring (bicyclic) bond motifs is 4. The second kappa shape index (κ2) is 11.4. The lowest BCUT2D eigenvalue weighted by Gasteiger charge is -2.31. The van der Waals surface area contributed by atoms with Crippen molar-refractivity contribution in [3.05, 3.63) is 151 Å². The second-order valence-electron chi connectivity index (χ2n) is 10.8. The van der Waals surface area contributed by atoms with Gasteiger partial charge in [-0.05, 0) is 67.4 Å². The van der Waals surface area contributed by atoms with Crippen molar-refractivity contribution >= 4 is 68.3 Å². The number of hydrogen-bond acceptors (Lipinski definition) is 3. The Bertz CT molecular complexity index is 2010. The van der Waals surface area contributed by atoms with Crippen molar-refractivity contribution in [1.82, 2.24) is 9.56 Å². The molecule has 0 saturated carbocycles. The van der Waals surface area contributed by atoms with Gasteiger partial charge < -0.3 is 0 Å². The number of nitrogens with zero attached hydrogens (tertiary/aromatic N) is 4. The first-order valence-electron chi connectivity index (χ1n) is 14.6. The first-order chi connectivity index (χ1) is 21.5. The van der Waals surface area contributed by atoms with Crippen molar-refractivity contribution < 1.29 is 4.57 Å². The molecule has 7 rings (SSSR count). The zero-order valence-corrected chi connectivity index (χ0v) is 25.5. The molecule has 214 valence electrons. The van der Waals surface area contributed by atoms with Crippen LogP contribution in [0.4, 0.5) is 0 Å². The van der Waals surface area contributed by atoms with Crippen LogP contribution in [0.2, 0.25) is 0 Å². The summed E-state index contributed by atoms with van der Waals surface area (Å²) in [4.78, 5) is 0. The lowest BCUT2D eigenvalue weighted by atomic mass is 9.97. The van der Waals surface area contributed by atoms with Crippen LogP contribution in [0.15, 0.2) is 150 Å². The maximum absolute atomic E-state index is 15.1. The van der Waals surface area contributed by atoms with Gasteiger partial charge in [0.2, 0.25) is 0 Å². The van der Waals surface area contributed by atoms with Gasteiger partial charge in [0.25, 0.3) is 0 Å². The zero-order chi connectivity index (χ0) is 30.1. The molecule has 0 spiro atoms. The molecule has 0 saturated heterocycles. The van der Waals surface area contributed by atoms with E-state index in [0.29, 0.717) is 5.30 Å². The molecule has 0 unspecified atom stereocenters. The van der Waals surface area contributed by atoms with Crippen molar-refractivity contribution in [3.63, 3.8) is 0 Å². The summed E-state index contributed by atoms with van der Waals surface area (Å²) >= 11 is 0. The van der Waals surface area contributed by atoms with Gasteiger partial charge in [0, 0.05) is 25.2 Å². The van der Waals surface area contributed by atoms with Gasteiger partial charge in [-0.3, -0.25) is 4.57 Å². The summed E-state index contributed by atoms with van der Waals surface area (Å²) in [5.74, 6) is 0. The molecular weight excluding hydrogens is 559 g/mol. The highest BCUT2D eigenvalue weighted by molar-refractivity contribution is 7.66. The highest BCUT2D eigenvalue weighted by Gasteiger charge is 2.34. The van der Waals surface area contributed by atoms with Gasteiger partial charge in [-0.1, -0.05) is 115 Å². The van der Waals surface area contributed by atoms with E-state index in [4.69, 9.17) is 10.2 Å². The van der Waals surface area contributed by atoms with Gasteiger partial charge in [-0.2, -0.15) is 10.2 Å². The maximum atomic E-state index is 15.1. The normalized spacial score (nSPS) is 12.2. The molecule has 0 aliphatic rings. The van der Waals surface area contributed by atoms with E-state index in [-0.39, 0.29) is 0 Å². The van der Waals surface area contributed by atoms with E-state index < -0.39 is 7.44 Å². The quantitative estimate of drug-likeness (QED) is 0.0805. The molecule has 0 amide bonds. The Hall–Kier alpha value is -5.25. The zero-order valence-electron chi connectivity index (χ0n) is 24.6. The Kier molecular flexibility index (Phi) is 7.17. The Morgan fingerprint density at radius 1 is 0.477 bits per heavy atom. The lowest BCUT2D eigenvalue weighted by Crippen LogP contribution is -2.28. The average molecular weight is 591 g/mol. The Balaban J connectivity index is 1.33. The van der Waals surface area contributed by atoms with Crippen molar-refractivity contribution in [2.75, 3.05) is 14.1 Å². The van der Waals surface area contributed by atoms with Crippen LogP contribution in [0.25, 0.3) is 43.1 Å². The van der Waals surface area contributed by atoms with Crippen molar-refractivity contribution in [1.29, 1.82) is 0 Å². The van der Waals surface area contributed by atoms with E-state index in [0.717, 1.165) is 54.2 Å². The summed E-state index contributed by atoms with van der Waals surface area (Å²) < 4.78 is 18.3. The smallest absolute Gasteiger partial charge is 0.267 e. The van der Waals surface area contributed by atoms with Gasteiger partial charge in [0.15, 0.2) is 0 Å². The molecule has 0 aromatic heterocycles. The summed E-state index contributed by atoms with van der Waals surface area (Å²) in [7, 11) is 0.0232. The third kappa shape index (κ3) is 4.82. The van der Waals surface area contributed by atoms with Crippen LogP contribution < -0.4 is 5.30 Å². The Morgan fingerprint density at radius 3 is 1.16 bits per heavy atom. The molecule has 44 heavy (non-hydrogen) atoms. The van der Waals surface area contributed by atoms with Gasteiger partial charge in [0.1, 0.15) is 0 Å². The van der Waals surface area contributed by atoms with E-state index in [1.165, 1.54) is 0 Å². The predicted octanol–water partition coefficient (Wildman–Crippen LogP) is 9.05. The number of rotatable bonds is 7. The monoisotopic (exact) mass is 590 g/mol. The third-order valence-electron chi connectivity index (χ3n) is 8.21. The molecule has 0 N–H and O–H groups in total. The molecule has 0 aliphatic carbocycles. The largest absolute Gasteiger partial charge is 0.322 e. The first-order valence-corrected chi connectivity index (χ1v) is 16.2. The molecule has 7 aromatic rings. The number of hydrogen-bond donors (Lipinski definition) is 0. The van der Waals surface area contributed by atoms with E-state index in [1.807, 2.05) is 91.3 Å². The van der Waals surface area contributed by atoms with Crippen LogP contribution in [0.1, 0.15) is 11.1 Å². The Morgan fingerprint density at radius 2 is 0.795 bits per heavy atom. The van der Waals surface area contributed by atoms with E-state index in [9.17, 15) is 0 Å². The van der Waals surface area contributed by atoms with Gasteiger partial charge in [0.05, 0.1) is 17.7 Å². The fraction of sp³-hybridized carbons (Fsp3) is 0.0526. The molecule has 0 radical (unpaired) electrons. The summed E-state index contributed by atoms with van der Waals surface area (Å²) in [5.41, 5.74) is 1.97. The van der Waals surface area contributed by atoms with Crippen LogP contribution in [-0.4, -0.2) is 36.1 Å². The molecule has 0 bridgehead atoms.